The molecule has 1 amide bonds. The van der Waals surface area contributed by atoms with Gasteiger partial charge in [0.25, 0.3) is 15.9 Å². The minimum atomic E-state index is -3.98. The molecule has 3 rings (SSSR count). The van der Waals surface area contributed by atoms with Gasteiger partial charge >= 0.3 is 0 Å². The van der Waals surface area contributed by atoms with Crippen molar-refractivity contribution in [1.29, 1.82) is 0 Å². The number of aryl methyl sites for hydroxylation is 2. The van der Waals surface area contributed by atoms with Crippen molar-refractivity contribution in [2.45, 2.75) is 44.7 Å². The van der Waals surface area contributed by atoms with Gasteiger partial charge in [0.1, 0.15) is 17.5 Å². The number of carbonyl (C=O) groups is 1. The summed E-state index contributed by atoms with van der Waals surface area (Å²) in [4.78, 5) is 17.0. The van der Waals surface area contributed by atoms with Crippen molar-refractivity contribution in [2.75, 3.05) is 38.5 Å². The second-order valence-corrected chi connectivity index (χ2v) is 10.5. The first-order valence-electron chi connectivity index (χ1n) is 10.8. The first-order valence-corrected chi connectivity index (χ1v) is 12.3. The summed E-state index contributed by atoms with van der Waals surface area (Å²) in [7, 11) is -0.0882. The van der Waals surface area contributed by atoms with Gasteiger partial charge in [-0.1, -0.05) is 12.1 Å². The molecule has 3 atom stereocenters. The lowest BCUT2D eigenvalue weighted by Gasteiger charge is -2.37. The van der Waals surface area contributed by atoms with E-state index in [0.29, 0.717) is 18.8 Å². The Bertz CT molecular complexity index is 1090. The highest BCUT2D eigenvalue weighted by atomic mass is 32.2. The predicted octanol–water partition coefficient (Wildman–Crippen LogP) is 1.87. The van der Waals surface area contributed by atoms with Gasteiger partial charge in [-0.25, -0.2) is 8.42 Å². The summed E-state index contributed by atoms with van der Waals surface area (Å²) < 4.78 is 39.6. The summed E-state index contributed by atoms with van der Waals surface area (Å²) >= 11 is 0. The van der Waals surface area contributed by atoms with Crippen LogP contribution in [-0.4, -0.2) is 80.3 Å². The number of hydrogen-bond donors (Lipinski definition) is 2. The number of ether oxygens (including phenoxy) is 1. The number of nitrogens with zero attached hydrogens (tertiary/aromatic N) is 3. The van der Waals surface area contributed by atoms with Crippen LogP contribution >= 0.6 is 0 Å². The van der Waals surface area contributed by atoms with E-state index >= 15 is 0 Å². The number of fused-ring (bicyclic) bond motifs is 1. The summed E-state index contributed by atoms with van der Waals surface area (Å²) in [5, 5.41) is 13.4. The molecule has 1 aliphatic rings. The quantitative estimate of drug-likeness (QED) is 0.615. The van der Waals surface area contributed by atoms with E-state index < -0.39 is 16.1 Å². The van der Waals surface area contributed by atoms with E-state index in [2.05, 4.69) is 9.88 Å². The molecule has 1 aliphatic heterocycles. The van der Waals surface area contributed by atoms with Gasteiger partial charge in [0, 0.05) is 24.7 Å². The maximum atomic E-state index is 13.4. The summed E-state index contributed by atoms with van der Waals surface area (Å²) in [5.74, 6) is 0.222. The number of likely N-dealkylation sites (N-methyl/N-ethyl adjacent to an activating group) is 1. The number of aliphatic hydroxyl groups is 1. The molecule has 0 saturated heterocycles. The molecule has 182 valence electrons. The van der Waals surface area contributed by atoms with Crippen LogP contribution in [0, 0.1) is 19.8 Å². The highest BCUT2D eigenvalue weighted by molar-refractivity contribution is 7.92. The molecule has 1 aromatic carbocycles. The molecule has 0 spiro atoms. The third-order valence-electron chi connectivity index (χ3n) is 5.70. The molecule has 0 bridgehead atoms. The van der Waals surface area contributed by atoms with E-state index in [1.165, 1.54) is 13.0 Å². The third-order valence-corrected chi connectivity index (χ3v) is 7.32. The number of nitrogens with one attached hydrogen (secondary N) is 1. The van der Waals surface area contributed by atoms with Gasteiger partial charge in [-0.2, -0.15) is 0 Å². The molecule has 0 aliphatic carbocycles. The lowest BCUT2D eigenvalue weighted by Crippen LogP contribution is -2.49. The van der Waals surface area contributed by atoms with Gasteiger partial charge < -0.3 is 24.2 Å². The second kappa shape index (κ2) is 9.70. The van der Waals surface area contributed by atoms with E-state index in [0.717, 1.165) is 0 Å². The Morgan fingerprint density at radius 3 is 2.61 bits per heavy atom. The average molecular weight is 481 g/mol. The largest absolute Gasteiger partial charge is 0.488 e. The topological polar surface area (TPSA) is 125 Å². The summed E-state index contributed by atoms with van der Waals surface area (Å²) in [5.41, 5.74) is 0.680. The number of aliphatic hydroxyl groups excluding tert-OH is 1. The maximum Gasteiger partial charge on any atom is 0.267 e. The van der Waals surface area contributed by atoms with Crippen molar-refractivity contribution in [3.63, 3.8) is 0 Å². The van der Waals surface area contributed by atoms with Gasteiger partial charge in [0.05, 0.1) is 18.2 Å². The van der Waals surface area contributed by atoms with Gasteiger partial charge in [0.2, 0.25) is 0 Å². The third kappa shape index (κ3) is 5.31. The smallest absolute Gasteiger partial charge is 0.267 e. The monoisotopic (exact) mass is 480 g/mol. The van der Waals surface area contributed by atoms with Crippen LogP contribution in [0.5, 0.6) is 5.75 Å². The fourth-order valence-electron chi connectivity index (χ4n) is 3.93. The van der Waals surface area contributed by atoms with Crippen LogP contribution in [0.15, 0.2) is 27.6 Å². The SMILES string of the molecule is Cc1noc(C)c1S(=O)(=O)Nc1ccc2c(c1)C(=O)N([C@@H](C)CO)C[C@H](C)[C@@H](CN(C)C)O2. The Kier molecular flexibility index (Phi) is 7.35. The number of carbonyl (C=O) groups excluding carboxylic acids is 1. The first kappa shape index (κ1) is 25.0. The lowest BCUT2D eigenvalue weighted by molar-refractivity contribution is 0.0363. The summed E-state index contributed by atoms with van der Waals surface area (Å²) in [6.45, 7) is 7.69. The standard InChI is InChI=1S/C22H32N4O6S/c1-13-10-26(14(2)12-27)22(28)18-9-17(7-8-19(18)31-20(13)11-25(5)6)24-33(29,30)21-15(3)23-32-16(21)4/h7-9,13-14,20,24,27H,10-12H2,1-6H3/t13-,14-,20+/m0/s1. The van der Waals surface area contributed by atoms with Crippen LogP contribution in [0.1, 0.15) is 35.7 Å². The predicted molar refractivity (Wildman–Crippen MR) is 123 cm³/mol. The highest BCUT2D eigenvalue weighted by Crippen LogP contribution is 2.32. The Morgan fingerprint density at radius 2 is 2.03 bits per heavy atom. The van der Waals surface area contributed by atoms with Crippen LogP contribution in [0.4, 0.5) is 5.69 Å². The van der Waals surface area contributed by atoms with Crippen molar-refractivity contribution in [3.05, 3.63) is 35.2 Å². The number of amides is 1. The van der Waals surface area contributed by atoms with Crippen molar-refractivity contribution >= 4 is 21.6 Å². The van der Waals surface area contributed by atoms with E-state index in [-0.39, 0.29) is 52.1 Å². The molecule has 33 heavy (non-hydrogen) atoms. The number of sulfonamides is 1. The molecule has 2 heterocycles. The zero-order valence-corrected chi connectivity index (χ0v) is 20.6. The molecular formula is C22H32N4O6S. The molecule has 1 aromatic heterocycles. The normalized spacial score (nSPS) is 20.1. The number of aromatic nitrogens is 1. The lowest BCUT2D eigenvalue weighted by atomic mass is 9.99. The maximum absolute atomic E-state index is 13.4. The van der Waals surface area contributed by atoms with Crippen molar-refractivity contribution in [2.24, 2.45) is 5.92 Å². The Morgan fingerprint density at radius 1 is 1.33 bits per heavy atom. The Labute approximate surface area is 194 Å². The zero-order chi connectivity index (χ0) is 24.5. The van der Waals surface area contributed by atoms with Gasteiger partial charge in [-0.3, -0.25) is 9.52 Å². The molecular weight excluding hydrogens is 448 g/mol. The van der Waals surface area contributed by atoms with Crippen LogP contribution in [0.2, 0.25) is 0 Å². The zero-order valence-electron chi connectivity index (χ0n) is 19.8. The number of hydrogen-bond acceptors (Lipinski definition) is 8. The molecule has 2 N–H and O–H groups in total. The van der Waals surface area contributed by atoms with Gasteiger partial charge in [-0.05, 0) is 53.1 Å². The Balaban J connectivity index is 2.03. The highest BCUT2D eigenvalue weighted by Gasteiger charge is 2.33. The van der Waals surface area contributed by atoms with Gasteiger partial charge in [0.15, 0.2) is 10.7 Å². The number of rotatable bonds is 7. The fourth-order valence-corrected chi connectivity index (χ4v) is 5.31. The van der Waals surface area contributed by atoms with Gasteiger partial charge in [-0.15, -0.1) is 0 Å². The summed E-state index contributed by atoms with van der Waals surface area (Å²) in [6, 6.07) is 4.21. The van der Waals surface area contributed by atoms with Crippen molar-refractivity contribution in [3.8, 4) is 5.75 Å². The number of anilines is 1. The first-order chi connectivity index (χ1) is 15.4. The van der Waals surface area contributed by atoms with Crippen molar-refractivity contribution < 1.29 is 27.6 Å². The molecule has 0 fully saturated rings. The fraction of sp³-hybridized carbons (Fsp3) is 0.545. The molecule has 0 saturated carbocycles. The second-order valence-electron chi connectivity index (χ2n) is 8.85. The van der Waals surface area contributed by atoms with E-state index in [4.69, 9.17) is 9.26 Å². The summed E-state index contributed by atoms with van der Waals surface area (Å²) in [6.07, 6.45) is -0.204. The van der Waals surface area contributed by atoms with Crippen LogP contribution in [0.3, 0.4) is 0 Å². The van der Waals surface area contributed by atoms with E-state index in [1.807, 2.05) is 25.9 Å². The number of benzene rings is 1. The molecule has 2 aromatic rings. The molecule has 11 heteroatoms. The van der Waals surface area contributed by atoms with Crippen molar-refractivity contribution in [1.82, 2.24) is 15.0 Å². The molecule has 10 nitrogen and oxygen atoms in total. The van der Waals surface area contributed by atoms with Crippen LogP contribution in [0.25, 0.3) is 0 Å². The molecule has 0 unspecified atom stereocenters. The van der Waals surface area contributed by atoms with Crippen LogP contribution < -0.4 is 9.46 Å². The minimum absolute atomic E-state index is 0.0104. The Hall–Kier alpha value is -2.63. The van der Waals surface area contributed by atoms with E-state index in [9.17, 15) is 18.3 Å². The molecule has 0 radical (unpaired) electrons. The average Bonchev–Trinajstić information content (AvgIpc) is 3.08. The van der Waals surface area contributed by atoms with Crippen LogP contribution in [-0.2, 0) is 10.0 Å². The minimum Gasteiger partial charge on any atom is -0.488 e. The van der Waals surface area contributed by atoms with E-state index in [1.54, 1.807) is 30.9 Å².